The molecule has 0 unspecified atom stereocenters. The van der Waals surface area contributed by atoms with Crippen molar-refractivity contribution in [1.29, 1.82) is 0 Å². The molecule has 1 fully saturated rings. The van der Waals surface area contributed by atoms with E-state index in [2.05, 4.69) is 0 Å². The van der Waals surface area contributed by atoms with Gasteiger partial charge in [-0.25, -0.2) is 4.79 Å². The maximum Gasteiger partial charge on any atom is 0.326 e. The summed E-state index contributed by atoms with van der Waals surface area (Å²) in [7, 11) is 0. The topological polar surface area (TPSA) is 57.6 Å². The molecule has 0 radical (unpaired) electrons. The second-order valence-corrected chi connectivity index (χ2v) is 6.48. The summed E-state index contributed by atoms with van der Waals surface area (Å²) in [6.45, 7) is 1.72. The molecule has 1 amide bonds. The summed E-state index contributed by atoms with van der Waals surface area (Å²) in [6.07, 6.45) is 2.08. The molecule has 0 aromatic carbocycles. The first kappa shape index (κ1) is 14.2. The van der Waals surface area contributed by atoms with Crippen molar-refractivity contribution >= 4 is 57.6 Å². The maximum absolute atomic E-state index is 12.2. The van der Waals surface area contributed by atoms with Crippen LogP contribution in [0.5, 0.6) is 0 Å². The average Bonchev–Trinajstić information content (AvgIpc) is 2.94. The van der Waals surface area contributed by atoms with Gasteiger partial charge in [-0.15, -0.1) is 11.3 Å². The zero-order valence-electron chi connectivity index (χ0n) is 10.0. The van der Waals surface area contributed by atoms with Crippen molar-refractivity contribution in [1.82, 2.24) is 4.90 Å². The van der Waals surface area contributed by atoms with E-state index in [1.54, 1.807) is 13.0 Å². The number of hydrogen-bond donors (Lipinski definition) is 1. The summed E-state index contributed by atoms with van der Waals surface area (Å²) in [4.78, 5) is 26.0. The first-order chi connectivity index (χ1) is 9.04. The minimum atomic E-state index is -1.03. The van der Waals surface area contributed by atoms with E-state index in [1.807, 2.05) is 17.5 Å². The average molecular weight is 313 g/mol. The van der Waals surface area contributed by atoms with Crippen LogP contribution in [0.3, 0.4) is 0 Å². The highest BCUT2D eigenvalue weighted by Crippen LogP contribution is 2.35. The standard InChI is InChI=1S/C12H11NO3S3/c1-2-8(11(15)16)13-10(14)9(19-12(13)17)6-7-4-3-5-18-7/h3-6,8H,2H2,1H3,(H,15,16)/b9-6+/t8-/m0/s1. The molecule has 1 aliphatic heterocycles. The molecule has 1 aliphatic rings. The fourth-order valence-electron chi connectivity index (χ4n) is 1.72. The lowest BCUT2D eigenvalue weighted by atomic mass is 10.2. The number of carboxylic acids is 1. The quantitative estimate of drug-likeness (QED) is 0.684. The third-order valence-electron chi connectivity index (χ3n) is 2.62. The molecule has 0 saturated carbocycles. The van der Waals surface area contributed by atoms with Gasteiger partial charge in [-0.2, -0.15) is 0 Å². The molecule has 7 heteroatoms. The second-order valence-electron chi connectivity index (χ2n) is 3.83. The molecule has 1 aromatic heterocycles. The summed E-state index contributed by atoms with van der Waals surface area (Å²) in [5.41, 5.74) is 0. The van der Waals surface area contributed by atoms with Crippen LogP contribution in [0.25, 0.3) is 6.08 Å². The van der Waals surface area contributed by atoms with E-state index in [0.29, 0.717) is 15.6 Å². The van der Waals surface area contributed by atoms with Crippen molar-refractivity contribution in [3.05, 3.63) is 27.3 Å². The van der Waals surface area contributed by atoms with Crippen molar-refractivity contribution in [2.45, 2.75) is 19.4 Å². The van der Waals surface area contributed by atoms with Gasteiger partial charge in [0.1, 0.15) is 10.4 Å². The molecule has 1 N–H and O–H groups in total. The number of carboxylic acid groups (broad SMARTS) is 1. The largest absolute Gasteiger partial charge is 0.480 e. The van der Waals surface area contributed by atoms with E-state index in [1.165, 1.54) is 16.2 Å². The molecule has 1 atom stereocenters. The Balaban J connectivity index is 2.28. The first-order valence-corrected chi connectivity index (χ1v) is 7.68. The van der Waals surface area contributed by atoms with Crippen LogP contribution in [0.15, 0.2) is 22.4 Å². The van der Waals surface area contributed by atoms with E-state index >= 15 is 0 Å². The maximum atomic E-state index is 12.2. The molecule has 0 spiro atoms. The summed E-state index contributed by atoms with van der Waals surface area (Å²) in [5, 5.41) is 11.0. The fourth-order valence-corrected chi connectivity index (χ4v) is 3.80. The zero-order valence-corrected chi connectivity index (χ0v) is 12.5. The Kier molecular flexibility index (Phi) is 4.38. The Morgan fingerprint density at radius 2 is 2.37 bits per heavy atom. The normalized spacial score (nSPS) is 19.2. The van der Waals surface area contributed by atoms with Crippen LogP contribution < -0.4 is 0 Å². The van der Waals surface area contributed by atoms with Gasteiger partial charge >= 0.3 is 5.97 Å². The second kappa shape index (κ2) is 5.85. The molecule has 1 saturated heterocycles. The van der Waals surface area contributed by atoms with Crippen molar-refractivity contribution in [2.75, 3.05) is 0 Å². The van der Waals surface area contributed by atoms with Crippen LogP contribution in [0.4, 0.5) is 0 Å². The van der Waals surface area contributed by atoms with Gasteiger partial charge in [0.2, 0.25) is 0 Å². The highest BCUT2D eigenvalue weighted by atomic mass is 32.2. The highest BCUT2D eigenvalue weighted by molar-refractivity contribution is 8.26. The number of rotatable bonds is 4. The number of aliphatic carboxylic acids is 1. The molecule has 19 heavy (non-hydrogen) atoms. The minimum Gasteiger partial charge on any atom is -0.480 e. The molecule has 2 heterocycles. The van der Waals surface area contributed by atoms with Crippen molar-refractivity contribution in [3.63, 3.8) is 0 Å². The zero-order chi connectivity index (χ0) is 14.0. The molecule has 0 bridgehead atoms. The van der Waals surface area contributed by atoms with Crippen molar-refractivity contribution < 1.29 is 14.7 Å². The van der Waals surface area contributed by atoms with Gasteiger partial charge < -0.3 is 5.11 Å². The van der Waals surface area contributed by atoms with E-state index in [9.17, 15) is 9.59 Å². The molecule has 1 aromatic rings. The van der Waals surface area contributed by atoms with Gasteiger partial charge in [-0.1, -0.05) is 37.0 Å². The fraction of sp³-hybridized carbons (Fsp3) is 0.250. The van der Waals surface area contributed by atoms with Gasteiger partial charge in [0, 0.05) is 4.88 Å². The number of nitrogens with zero attached hydrogens (tertiary/aromatic N) is 1. The SMILES string of the molecule is CC[C@@H](C(=O)O)N1C(=O)/C(=C\c2cccs2)SC1=S. The number of thiophene rings is 1. The first-order valence-electron chi connectivity index (χ1n) is 5.58. The Labute approximate surface area is 124 Å². The van der Waals surface area contributed by atoms with E-state index in [-0.39, 0.29) is 5.91 Å². The summed E-state index contributed by atoms with van der Waals surface area (Å²) >= 11 is 7.79. The molecule has 0 aliphatic carbocycles. The predicted molar refractivity (Wildman–Crippen MR) is 81.0 cm³/mol. The Hall–Kier alpha value is -1.18. The number of carbonyl (C=O) groups excluding carboxylic acids is 1. The summed E-state index contributed by atoms with van der Waals surface area (Å²) in [6, 6.07) is 2.90. The lowest BCUT2D eigenvalue weighted by molar-refractivity contribution is -0.145. The lowest BCUT2D eigenvalue weighted by Crippen LogP contribution is -2.43. The van der Waals surface area contributed by atoms with Gasteiger partial charge in [0.15, 0.2) is 0 Å². The van der Waals surface area contributed by atoms with Crippen molar-refractivity contribution in [2.24, 2.45) is 0 Å². The number of hydrogen-bond acceptors (Lipinski definition) is 5. The van der Waals surface area contributed by atoms with Crippen LogP contribution in [0.2, 0.25) is 0 Å². The van der Waals surface area contributed by atoms with Gasteiger partial charge in [-0.05, 0) is 23.9 Å². The Bertz CT molecular complexity index is 551. The van der Waals surface area contributed by atoms with Crippen LogP contribution in [0.1, 0.15) is 18.2 Å². The molecule has 4 nitrogen and oxygen atoms in total. The molecule has 100 valence electrons. The summed E-state index contributed by atoms with van der Waals surface area (Å²) in [5.74, 6) is -1.35. The number of thiocarbonyl (C=S) groups is 1. The van der Waals surface area contributed by atoms with Crippen LogP contribution in [-0.2, 0) is 9.59 Å². The molecular formula is C12H11NO3S3. The molecule has 2 rings (SSSR count). The van der Waals surface area contributed by atoms with Crippen LogP contribution >= 0.6 is 35.3 Å². The lowest BCUT2D eigenvalue weighted by Gasteiger charge is -2.21. The van der Waals surface area contributed by atoms with Gasteiger partial charge in [-0.3, -0.25) is 9.69 Å². The smallest absolute Gasteiger partial charge is 0.326 e. The van der Waals surface area contributed by atoms with E-state index in [0.717, 1.165) is 16.6 Å². The number of thioether (sulfide) groups is 1. The number of amides is 1. The van der Waals surface area contributed by atoms with E-state index in [4.69, 9.17) is 17.3 Å². The summed E-state index contributed by atoms with van der Waals surface area (Å²) < 4.78 is 0.307. The molecular weight excluding hydrogens is 302 g/mol. The number of carbonyl (C=O) groups is 2. The van der Waals surface area contributed by atoms with Crippen LogP contribution in [-0.4, -0.2) is 32.2 Å². The monoisotopic (exact) mass is 313 g/mol. The third kappa shape index (κ3) is 2.88. The Morgan fingerprint density at radius 3 is 2.89 bits per heavy atom. The highest BCUT2D eigenvalue weighted by Gasteiger charge is 2.39. The van der Waals surface area contributed by atoms with Gasteiger partial charge in [0.25, 0.3) is 5.91 Å². The van der Waals surface area contributed by atoms with Gasteiger partial charge in [0.05, 0.1) is 4.91 Å². The van der Waals surface area contributed by atoms with Crippen LogP contribution in [0, 0.1) is 0 Å². The van der Waals surface area contributed by atoms with Crippen molar-refractivity contribution in [3.8, 4) is 0 Å². The third-order valence-corrected chi connectivity index (χ3v) is 4.77. The predicted octanol–water partition coefficient (Wildman–Crippen LogP) is 2.81. The van der Waals surface area contributed by atoms with E-state index < -0.39 is 12.0 Å². The minimum absolute atomic E-state index is 0.307. The Morgan fingerprint density at radius 1 is 1.63 bits per heavy atom.